The van der Waals surface area contributed by atoms with Gasteiger partial charge >= 0.3 is 0 Å². The largest absolute Gasteiger partial charge is 0.492 e. The van der Waals surface area contributed by atoms with Gasteiger partial charge in [0.05, 0.1) is 4.90 Å². The molecule has 0 heterocycles. The van der Waals surface area contributed by atoms with Crippen molar-refractivity contribution in [1.29, 1.82) is 0 Å². The monoisotopic (exact) mass is 359 g/mol. The number of hydrogen-bond donors (Lipinski definition) is 0. The summed E-state index contributed by atoms with van der Waals surface area (Å²) in [6.07, 6.45) is 3.88. The predicted molar refractivity (Wildman–Crippen MR) is 102 cm³/mol. The van der Waals surface area contributed by atoms with E-state index in [9.17, 15) is 8.42 Å². The van der Waals surface area contributed by atoms with Gasteiger partial charge in [0, 0.05) is 19.3 Å². The van der Waals surface area contributed by atoms with Crippen LogP contribution in [0.1, 0.15) is 11.1 Å². The second kappa shape index (κ2) is 8.83. The zero-order chi connectivity index (χ0) is 18.3. The van der Waals surface area contributed by atoms with Gasteiger partial charge in [-0.25, -0.2) is 8.42 Å². The maximum atomic E-state index is 11.5. The van der Waals surface area contributed by atoms with Crippen LogP contribution in [0.15, 0.2) is 66.1 Å². The average Bonchev–Trinajstić information content (AvgIpc) is 2.56. The van der Waals surface area contributed by atoms with Crippen LogP contribution < -0.4 is 4.74 Å². The number of rotatable bonds is 9. The molecule has 0 bridgehead atoms. The van der Waals surface area contributed by atoms with Crippen molar-refractivity contribution in [2.45, 2.75) is 17.9 Å². The van der Waals surface area contributed by atoms with Crippen LogP contribution in [-0.4, -0.2) is 39.8 Å². The fraction of sp³-hybridized carbons (Fsp3) is 0.300. The van der Waals surface area contributed by atoms with Crippen LogP contribution in [0.4, 0.5) is 0 Å². The highest BCUT2D eigenvalue weighted by molar-refractivity contribution is 7.90. The summed E-state index contributed by atoms with van der Waals surface area (Å²) in [4.78, 5) is 2.49. The van der Waals surface area contributed by atoms with E-state index in [-0.39, 0.29) is 0 Å². The van der Waals surface area contributed by atoms with Gasteiger partial charge in [-0.2, -0.15) is 0 Å². The van der Waals surface area contributed by atoms with Gasteiger partial charge in [0.2, 0.25) is 0 Å². The van der Waals surface area contributed by atoms with Crippen molar-refractivity contribution in [1.82, 2.24) is 4.90 Å². The molecule has 134 valence electrons. The number of benzene rings is 2. The smallest absolute Gasteiger partial charge is 0.175 e. The van der Waals surface area contributed by atoms with Crippen LogP contribution in [0.2, 0.25) is 0 Å². The Morgan fingerprint density at radius 1 is 1.12 bits per heavy atom. The van der Waals surface area contributed by atoms with Crippen LogP contribution in [-0.2, 0) is 22.8 Å². The molecule has 0 fully saturated rings. The summed E-state index contributed by atoms with van der Waals surface area (Å²) in [5.41, 5.74) is 2.21. The van der Waals surface area contributed by atoms with Crippen molar-refractivity contribution in [3.05, 3.63) is 72.3 Å². The van der Waals surface area contributed by atoms with Gasteiger partial charge in [0.15, 0.2) is 9.84 Å². The molecule has 0 saturated carbocycles. The summed E-state index contributed by atoms with van der Waals surface area (Å²) >= 11 is 0. The molecule has 0 aliphatic heterocycles. The highest BCUT2D eigenvalue weighted by Gasteiger charge is 2.07. The lowest BCUT2D eigenvalue weighted by Crippen LogP contribution is -2.24. The Morgan fingerprint density at radius 3 is 2.44 bits per heavy atom. The molecule has 0 unspecified atom stereocenters. The second-order valence-electron chi connectivity index (χ2n) is 6.10. The van der Waals surface area contributed by atoms with Crippen molar-refractivity contribution in [2.24, 2.45) is 0 Å². The minimum Gasteiger partial charge on any atom is -0.492 e. The molecule has 2 aromatic rings. The van der Waals surface area contributed by atoms with E-state index >= 15 is 0 Å². The summed E-state index contributed by atoms with van der Waals surface area (Å²) in [7, 11) is -1.13. The lowest BCUT2D eigenvalue weighted by molar-refractivity contribution is 0.231. The number of ether oxygens (including phenoxy) is 1. The number of para-hydroxylation sites is 1. The van der Waals surface area contributed by atoms with E-state index in [1.165, 1.54) is 6.26 Å². The van der Waals surface area contributed by atoms with Crippen molar-refractivity contribution >= 4 is 9.84 Å². The van der Waals surface area contributed by atoms with Gasteiger partial charge in [-0.05, 0) is 42.8 Å². The average molecular weight is 359 g/mol. The molecule has 0 aromatic heterocycles. The Bertz CT molecular complexity index is 798. The molecule has 2 rings (SSSR count). The number of allylic oxidation sites excluding steroid dienone is 1. The van der Waals surface area contributed by atoms with E-state index in [0.717, 1.165) is 36.4 Å². The molecule has 0 radical (unpaired) electrons. The highest BCUT2D eigenvalue weighted by Crippen LogP contribution is 2.18. The lowest BCUT2D eigenvalue weighted by Gasteiger charge is -2.18. The first kappa shape index (κ1) is 19.2. The normalized spacial score (nSPS) is 11.5. The van der Waals surface area contributed by atoms with Crippen LogP contribution in [0, 0.1) is 0 Å². The summed E-state index contributed by atoms with van der Waals surface area (Å²) < 4.78 is 28.9. The number of likely N-dealkylation sites (N-methyl/N-ethyl adjacent to an activating group) is 1. The van der Waals surface area contributed by atoms with Crippen LogP contribution >= 0.6 is 0 Å². The molecular weight excluding hydrogens is 334 g/mol. The first-order valence-electron chi connectivity index (χ1n) is 8.19. The Kier molecular flexibility index (Phi) is 6.79. The number of sulfone groups is 1. The van der Waals surface area contributed by atoms with E-state index in [1.807, 2.05) is 49.5 Å². The van der Waals surface area contributed by atoms with Gasteiger partial charge in [-0.15, -0.1) is 6.58 Å². The fourth-order valence-corrected chi connectivity index (χ4v) is 3.14. The first-order valence-corrected chi connectivity index (χ1v) is 10.1. The van der Waals surface area contributed by atoms with Crippen molar-refractivity contribution in [3.8, 4) is 5.75 Å². The molecule has 0 atom stereocenters. The third-order valence-electron chi connectivity index (χ3n) is 3.87. The fourth-order valence-electron chi connectivity index (χ4n) is 2.51. The van der Waals surface area contributed by atoms with Crippen LogP contribution in [0.3, 0.4) is 0 Å². The van der Waals surface area contributed by atoms with E-state index in [1.54, 1.807) is 12.1 Å². The highest BCUT2D eigenvalue weighted by atomic mass is 32.2. The Labute approximate surface area is 150 Å². The van der Waals surface area contributed by atoms with Gasteiger partial charge < -0.3 is 4.74 Å². The van der Waals surface area contributed by atoms with E-state index < -0.39 is 9.84 Å². The molecule has 0 saturated heterocycles. The summed E-state index contributed by atoms with van der Waals surface area (Å²) in [6.45, 7) is 5.87. The van der Waals surface area contributed by atoms with Crippen LogP contribution in [0.25, 0.3) is 0 Å². The molecule has 0 amide bonds. The van der Waals surface area contributed by atoms with E-state index in [0.29, 0.717) is 11.5 Å². The first-order chi connectivity index (χ1) is 11.9. The van der Waals surface area contributed by atoms with Crippen molar-refractivity contribution < 1.29 is 13.2 Å². The third-order valence-corrected chi connectivity index (χ3v) is 5.00. The van der Waals surface area contributed by atoms with Crippen molar-refractivity contribution in [3.63, 3.8) is 0 Å². The Hall–Kier alpha value is -2.11. The zero-order valence-electron chi connectivity index (χ0n) is 14.8. The lowest BCUT2D eigenvalue weighted by atomic mass is 10.1. The SMILES string of the molecule is C=CCc1ccccc1OCCN(C)Cc1ccc(S(C)(=O)=O)cc1. The van der Waals surface area contributed by atoms with Gasteiger partial charge in [-0.3, -0.25) is 4.90 Å². The Morgan fingerprint density at radius 2 is 1.80 bits per heavy atom. The summed E-state index contributed by atoms with van der Waals surface area (Å²) in [5.74, 6) is 0.897. The number of hydrogen-bond acceptors (Lipinski definition) is 4. The van der Waals surface area contributed by atoms with Gasteiger partial charge in [-0.1, -0.05) is 36.4 Å². The topological polar surface area (TPSA) is 46.6 Å². The molecule has 0 N–H and O–H groups in total. The van der Waals surface area contributed by atoms with Crippen LogP contribution in [0.5, 0.6) is 5.75 Å². The van der Waals surface area contributed by atoms with Gasteiger partial charge in [0.25, 0.3) is 0 Å². The molecular formula is C20H25NO3S. The Balaban J connectivity index is 1.85. The molecule has 2 aromatic carbocycles. The molecule has 0 aliphatic rings. The molecule has 5 heteroatoms. The predicted octanol–water partition coefficient (Wildman–Crippen LogP) is 3.33. The molecule has 25 heavy (non-hydrogen) atoms. The summed E-state index contributed by atoms with van der Waals surface area (Å²) in [5, 5.41) is 0. The zero-order valence-corrected chi connectivity index (χ0v) is 15.6. The maximum absolute atomic E-state index is 11.5. The summed E-state index contributed by atoms with van der Waals surface area (Å²) in [6, 6.07) is 15.0. The third kappa shape index (κ3) is 6.03. The van der Waals surface area contributed by atoms with E-state index in [4.69, 9.17) is 4.74 Å². The van der Waals surface area contributed by atoms with Gasteiger partial charge in [0.1, 0.15) is 12.4 Å². The minimum absolute atomic E-state index is 0.348. The second-order valence-corrected chi connectivity index (χ2v) is 8.12. The molecule has 0 spiro atoms. The molecule has 4 nitrogen and oxygen atoms in total. The molecule has 0 aliphatic carbocycles. The maximum Gasteiger partial charge on any atom is 0.175 e. The quantitative estimate of drug-likeness (QED) is 0.644. The standard InChI is InChI=1S/C20H25NO3S/c1-4-7-18-8-5-6-9-20(18)24-15-14-21(2)16-17-10-12-19(13-11-17)25(3,22)23/h4-6,8-13H,1,7,14-16H2,2-3H3. The number of nitrogens with zero attached hydrogens (tertiary/aromatic N) is 1. The van der Waals surface area contributed by atoms with E-state index in [2.05, 4.69) is 11.5 Å². The van der Waals surface area contributed by atoms with Crippen molar-refractivity contribution in [2.75, 3.05) is 26.5 Å². The minimum atomic E-state index is -3.14.